The molecule has 3 nitrogen and oxygen atoms in total. The van der Waals surface area contributed by atoms with Gasteiger partial charge >= 0.3 is 0 Å². The van der Waals surface area contributed by atoms with Crippen molar-refractivity contribution in [1.29, 1.82) is 0 Å². The van der Waals surface area contributed by atoms with E-state index < -0.39 is 0 Å². The van der Waals surface area contributed by atoms with Gasteiger partial charge in [0.25, 0.3) is 5.91 Å². The van der Waals surface area contributed by atoms with Crippen molar-refractivity contribution < 1.29 is 4.79 Å². The lowest BCUT2D eigenvalue weighted by atomic mass is 9.93. The number of allylic oxidation sites excluding steroid dienone is 2. The van der Waals surface area contributed by atoms with Crippen molar-refractivity contribution in [2.75, 3.05) is 5.32 Å². The van der Waals surface area contributed by atoms with Crippen LogP contribution in [0.2, 0.25) is 5.15 Å². The Labute approximate surface area is 152 Å². The number of nitrogens with zero attached hydrogens (tertiary/aromatic N) is 1. The van der Waals surface area contributed by atoms with Crippen molar-refractivity contribution in [3.8, 4) is 0 Å². The summed E-state index contributed by atoms with van der Waals surface area (Å²) in [7, 11) is 0. The van der Waals surface area contributed by atoms with Crippen LogP contribution in [0.3, 0.4) is 0 Å². The minimum atomic E-state index is -0.0751. The molecule has 4 rings (SSSR count). The molecular formula is C21H19ClN2O. The van der Waals surface area contributed by atoms with Crippen molar-refractivity contribution in [1.82, 2.24) is 4.98 Å². The summed E-state index contributed by atoms with van der Waals surface area (Å²) in [5.41, 5.74) is 7.24. The largest absolute Gasteiger partial charge is 0.320 e. The second-order valence-corrected chi connectivity index (χ2v) is 6.92. The Morgan fingerprint density at radius 1 is 1.16 bits per heavy atom. The van der Waals surface area contributed by atoms with Gasteiger partial charge in [-0.25, -0.2) is 4.98 Å². The maximum Gasteiger partial charge on any atom is 0.256 e. The van der Waals surface area contributed by atoms with Crippen molar-refractivity contribution in [3.05, 3.63) is 75.6 Å². The lowest BCUT2D eigenvalue weighted by Gasteiger charge is -2.14. The summed E-state index contributed by atoms with van der Waals surface area (Å²) in [4.78, 5) is 17.2. The fraction of sp³-hybridized carbons (Fsp3) is 0.238. The third kappa shape index (κ3) is 3.00. The van der Waals surface area contributed by atoms with Gasteiger partial charge in [0, 0.05) is 5.57 Å². The van der Waals surface area contributed by atoms with Crippen molar-refractivity contribution >= 4 is 28.8 Å². The Hall–Kier alpha value is -2.39. The molecule has 2 aliphatic carbocycles. The third-order valence-corrected chi connectivity index (χ3v) is 5.14. The van der Waals surface area contributed by atoms with Crippen LogP contribution >= 0.6 is 11.6 Å². The van der Waals surface area contributed by atoms with Gasteiger partial charge in [0.05, 0.1) is 11.4 Å². The Kier molecular flexibility index (Phi) is 4.18. The van der Waals surface area contributed by atoms with Crippen LogP contribution in [-0.4, -0.2) is 10.9 Å². The van der Waals surface area contributed by atoms with Gasteiger partial charge in [-0.3, -0.25) is 4.79 Å². The summed E-state index contributed by atoms with van der Waals surface area (Å²) in [6.07, 6.45) is 6.18. The van der Waals surface area contributed by atoms with Crippen LogP contribution < -0.4 is 5.32 Å². The molecule has 1 heterocycles. The SMILES string of the molecule is Cc1nc(Cl)ccc1NC(=O)C1=CCC2=C1c1ccccc1CCC2. The number of aryl methyl sites for hydroxylation is 2. The molecule has 0 aliphatic heterocycles. The number of carbonyl (C=O) groups excluding carboxylic acids is 1. The molecule has 1 N–H and O–H groups in total. The van der Waals surface area contributed by atoms with Gasteiger partial charge in [-0.1, -0.05) is 47.5 Å². The summed E-state index contributed by atoms with van der Waals surface area (Å²) in [5, 5.41) is 3.43. The molecule has 0 radical (unpaired) electrons. The average molecular weight is 351 g/mol. The number of rotatable bonds is 2. The van der Waals surface area contributed by atoms with Crippen LogP contribution in [0, 0.1) is 6.92 Å². The van der Waals surface area contributed by atoms with Gasteiger partial charge in [-0.05, 0) is 61.4 Å². The maximum atomic E-state index is 13.0. The van der Waals surface area contributed by atoms with Crippen molar-refractivity contribution in [2.24, 2.45) is 0 Å². The van der Waals surface area contributed by atoms with Crippen LogP contribution in [0.4, 0.5) is 5.69 Å². The van der Waals surface area contributed by atoms with E-state index in [-0.39, 0.29) is 5.91 Å². The van der Waals surface area contributed by atoms with Gasteiger partial charge in [-0.2, -0.15) is 0 Å². The topological polar surface area (TPSA) is 42.0 Å². The highest BCUT2D eigenvalue weighted by molar-refractivity contribution is 6.29. The summed E-state index contributed by atoms with van der Waals surface area (Å²) >= 11 is 5.90. The summed E-state index contributed by atoms with van der Waals surface area (Å²) in [6.45, 7) is 1.84. The normalized spacial score (nSPS) is 16.0. The zero-order valence-corrected chi connectivity index (χ0v) is 14.9. The van der Waals surface area contributed by atoms with E-state index in [1.54, 1.807) is 12.1 Å². The van der Waals surface area contributed by atoms with Crippen molar-refractivity contribution in [3.63, 3.8) is 0 Å². The van der Waals surface area contributed by atoms with Gasteiger partial charge in [0.1, 0.15) is 5.15 Å². The number of halogens is 1. The lowest BCUT2D eigenvalue weighted by Crippen LogP contribution is -2.16. The molecule has 2 aliphatic rings. The number of hydrogen-bond donors (Lipinski definition) is 1. The van der Waals surface area contributed by atoms with E-state index in [0.717, 1.165) is 42.5 Å². The van der Waals surface area contributed by atoms with Crippen LogP contribution in [0.5, 0.6) is 0 Å². The zero-order chi connectivity index (χ0) is 17.4. The zero-order valence-electron chi connectivity index (χ0n) is 14.1. The fourth-order valence-electron chi connectivity index (χ4n) is 3.72. The average Bonchev–Trinajstić information content (AvgIpc) is 2.93. The fourth-order valence-corrected chi connectivity index (χ4v) is 3.91. The highest BCUT2D eigenvalue weighted by Gasteiger charge is 2.27. The van der Waals surface area contributed by atoms with E-state index in [0.29, 0.717) is 10.8 Å². The molecule has 126 valence electrons. The number of nitrogens with one attached hydrogen (secondary N) is 1. The third-order valence-electron chi connectivity index (χ3n) is 4.93. The van der Waals surface area contributed by atoms with E-state index in [4.69, 9.17) is 11.6 Å². The quantitative estimate of drug-likeness (QED) is 0.765. The number of pyridine rings is 1. The molecule has 0 atom stereocenters. The van der Waals surface area contributed by atoms with Crippen LogP contribution in [0.15, 0.2) is 53.6 Å². The van der Waals surface area contributed by atoms with E-state index in [1.165, 1.54) is 16.7 Å². The smallest absolute Gasteiger partial charge is 0.256 e. The summed E-state index contributed by atoms with van der Waals surface area (Å²) in [5.74, 6) is -0.0751. The van der Waals surface area contributed by atoms with E-state index >= 15 is 0 Å². The van der Waals surface area contributed by atoms with Gasteiger partial charge in [0.2, 0.25) is 0 Å². The first-order valence-corrected chi connectivity index (χ1v) is 8.96. The molecule has 1 aromatic heterocycles. The highest BCUT2D eigenvalue weighted by Crippen LogP contribution is 2.41. The van der Waals surface area contributed by atoms with Crippen LogP contribution in [0.25, 0.3) is 5.57 Å². The van der Waals surface area contributed by atoms with Gasteiger partial charge in [-0.15, -0.1) is 0 Å². The molecule has 0 fully saturated rings. The Morgan fingerprint density at radius 3 is 2.84 bits per heavy atom. The molecule has 2 aromatic rings. The monoisotopic (exact) mass is 350 g/mol. The molecule has 0 saturated heterocycles. The number of amides is 1. The minimum absolute atomic E-state index is 0.0751. The Morgan fingerprint density at radius 2 is 2.00 bits per heavy atom. The number of anilines is 1. The second kappa shape index (κ2) is 6.49. The Bertz CT molecular complexity index is 927. The standard InChI is InChI=1S/C21H19ClN2O/c1-13-18(11-12-19(22)23-13)24-21(25)17-10-9-15-7-4-6-14-5-2-3-8-16(14)20(15)17/h2-3,5,8,10-12H,4,6-7,9H2,1H3,(H,24,25). The first kappa shape index (κ1) is 16.1. The molecule has 0 spiro atoms. The molecule has 0 unspecified atom stereocenters. The second-order valence-electron chi connectivity index (χ2n) is 6.53. The molecule has 0 saturated carbocycles. The number of fused-ring (bicyclic) bond motifs is 2. The number of aromatic nitrogens is 1. The van der Waals surface area contributed by atoms with Gasteiger partial charge in [0.15, 0.2) is 0 Å². The highest BCUT2D eigenvalue weighted by atomic mass is 35.5. The van der Waals surface area contributed by atoms with Crippen molar-refractivity contribution in [2.45, 2.75) is 32.6 Å². The first-order chi connectivity index (χ1) is 12.1. The maximum absolute atomic E-state index is 13.0. The number of carbonyl (C=O) groups is 1. The first-order valence-electron chi connectivity index (χ1n) is 8.59. The van der Waals surface area contributed by atoms with E-state index in [9.17, 15) is 4.79 Å². The molecule has 25 heavy (non-hydrogen) atoms. The van der Waals surface area contributed by atoms with E-state index in [1.807, 2.05) is 6.92 Å². The predicted molar refractivity (Wildman–Crippen MR) is 102 cm³/mol. The Balaban J connectivity index is 1.67. The molecule has 1 aromatic carbocycles. The minimum Gasteiger partial charge on any atom is -0.320 e. The van der Waals surface area contributed by atoms with E-state index in [2.05, 4.69) is 40.6 Å². The molecular weight excluding hydrogens is 332 g/mol. The van der Waals surface area contributed by atoms with Crippen LogP contribution in [0.1, 0.15) is 36.1 Å². The van der Waals surface area contributed by atoms with Gasteiger partial charge < -0.3 is 5.32 Å². The molecule has 1 amide bonds. The van der Waals surface area contributed by atoms with Crippen LogP contribution in [-0.2, 0) is 11.2 Å². The number of benzene rings is 1. The lowest BCUT2D eigenvalue weighted by molar-refractivity contribution is -0.112. The predicted octanol–water partition coefficient (Wildman–Crippen LogP) is 5.10. The number of hydrogen-bond acceptors (Lipinski definition) is 2. The summed E-state index contributed by atoms with van der Waals surface area (Å²) < 4.78 is 0. The molecule has 4 heteroatoms. The molecule has 0 bridgehead atoms. The summed E-state index contributed by atoms with van der Waals surface area (Å²) in [6, 6.07) is 11.9.